The van der Waals surface area contributed by atoms with Crippen molar-refractivity contribution < 1.29 is 4.79 Å². The molecule has 3 aromatic carbocycles. The first-order valence-corrected chi connectivity index (χ1v) is 8.90. The molecule has 120 valence electrons. The molecule has 1 N–H and O–H groups in total. The van der Waals surface area contributed by atoms with Crippen LogP contribution in [0.1, 0.15) is 22.0 Å². The molecular formula is C21H19NOS. The molecular weight excluding hydrogens is 314 g/mol. The van der Waals surface area contributed by atoms with Crippen LogP contribution < -0.4 is 5.32 Å². The summed E-state index contributed by atoms with van der Waals surface area (Å²) in [5.41, 5.74) is 1.80. The van der Waals surface area contributed by atoms with Crippen LogP contribution in [0.5, 0.6) is 0 Å². The highest BCUT2D eigenvalue weighted by Crippen LogP contribution is 2.25. The predicted octanol–water partition coefficient (Wildman–Crippen LogP) is 4.95. The van der Waals surface area contributed by atoms with Crippen molar-refractivity contribution in [3.8, 4) is 0 Å². The molecule has 3 rings (SSSR count). The third-order valence-corrected chi connectivity index (χ3v) is 4.81. The molecule has 3 heteroatoms. The van der Waals surface area contributed by atoms with Gasteiger partial charge in [0, 0.05) is 16.2 Å². The average molecular weight is 333 g/mol. The van der Waals surface area contributed by atoms with Gasteiger partial charge in [-0.05, 0) is 29.8 Å². The predicted molar refractivity (Wildman–Crippen MR) is 100 cm³/mol. The van der Waals surface area contributed by atoms with Gasteiger partial charge in [0.1, 0.15) is 0 Å². The van der Waals surface area contributed by atoms with Gasteiger partial charge in [0.25, 0.3) is 5.91 Å². The second-order valence-corrected chi connectivity index (χ2v) is 6.52. The minimum Gasteiger partial charge on any atom is -0.344 e. The largest absolute Gasteiger partial charge is 0.344 e. The van der Waals surface area contributed by atoms with Gasteiger partial charge in [-0.25, -0.2) is 0 Å². The first kappa shape index (κ1) is 16.3. The van der Waals surface area contributed by atoms with Gasteiger partial charge in [-0.3, -0.25) is 4.79 Å². The van der Waals surface area contributed by atoms with E-state index in [-0.39, 0.29) is 11.9 Å². The maximum atomic E-state index is 12.5. The van der Waals surface area contributed by atoms with Crippen molar-refractivity contribution in [2.75, 3.05) is 5.75 Å². The summed E-state index contributed by atoms with van der Waals surface area (Å²) >= 11 is 1.75. The van der Waals surface area contributed by atoms with E-state index in [2.05, 4.69) is 29.6 Å². The molecule has 0 aliphatic heterocycles. The molecule has 0 bridgehead atoms. The van der Waals surface area contributed by atoms with E-state index in [1.165, 1.54) is 4.90 Å². The van der Waals surface area contributed by atoms with E-state index in [9.17, 15) is 4.79 Å². The molecule has 0 aliphatic rings. The Morgan fingerprint density at radius 2 is 1.33 bits per heavy atom. The SMILES string of the molecule is O=C(NC(CSc1ccccc1)c1ccccc1)c1ccccc1. The Kier molecular flexibility index (Phi) is 5.70. The van der Waals surface area contributed by atoms with Crippen LogP contribution in [0.15, 0.2) is 95.9 Å². The molecule has 0 aliphatic carbocycles. The van der Waals surface area contributed by atoms with E-state index in [0.29, 0.717) is 5.56 Å². The number of amides is 1. The van der Waals surface area contributed by atoms with Gasteiger partial charge in [0.15, 0.2) is 0 Å². The maximum absolute atomic E-state index is 12.5. The number of carbonyl (C=O) groups excluding carboxylic acids is 1. The smallest absolute Gasteiger partial charge is 0.251 e. The van der Waals surface area contributed by atoms with Crippen molar-refractivity contribution in [3.05, 3.63) is 102 Å². The number of hydrogen-bond acceptors (Lipinski definition) is 2. The number of carbonyl (C=O) groups is 1. The standard InChI is InChI=1S/C21H19NOS/c23-21(18-12-6-2-7-13-18)22-20(17-10-4-1-5-11-17)16-24-19-14-8-3-9-15-19/h1-15,20H,16H2,(H,22,23). The first-order valence-electron chi connectivity index (χ1n) is 7.91. The molecule has 0 saturated carbocycles. The van der Waals surface area contributed by atoms with E-state index in [1.807, 2.05) is 66.7 Å². The lowest BCUT2D eigenvalue weighted by Crippen LogP contribution is -2.30. The summed E-state index contributed by atoms with van der Waals surface area (Å²) in [5.74, 6) is 0.741. The van der Waals surface area contributed by atoms with Crippen molar-refractivity contribution in [2.24, 2.45) is 0 Å². The zero-order valence-corrected chi connectivity index (χ0v) is 14.1. The molecule has 0 fully saturated rings. The summed E-state index contributed by atoms with van der Waals surface area (Å²) in [7, 11) is 0. The molecule has 0 spiro atoms. The van der Waals surface area contributed by atoms with Crippen LogP contribution in [0.4, 0.5) is 0 Å². The zero-order chi connectivity index (χ0) is 16.6. The van der Waals surface area contributed by atoms with Crippen LogP contribution in [0.3, 0.4) is 0 Å². The summed E-state index contributed by atoms with van der Waals surface area (Å²) in [4.78, 5) is 13.7. The summed E-state index contributed by atoms with van der Waals surface area (Å²) in [5, 5.41) is 3.16. The Bertz CT molecular complexity index is 760. The minimum atomic E-state index is -0.0434. The van der Waals surface area contributed by atoms with Gasteiger partial charge in [-0.1, -0.05) is 66.7 Å². The lowest BCUT2D eigenvalue weighted by atomic mass is 10.1. The highest BCUT2D eigenvalue weighted by atomic mass is 32.2. The Morgan fingerprint density at radius 1 is 0.792 bits per heavy atom. The summed E-state index contributed by atoms with van der Waals surface area (Å²) in [6.45, 7) is 0. The van der Waals surface area contributed by atoms with Crippen LogP contribution >= 0.6 is 11.8 Å². The Morgan fingerprint density at radius 3 is 1.96 bits per heavy atom. The van der Waals surface area contributed by atoms with Crippen LogP contribution in [-0.4, -0.2) is 11.7 Å². The lowest BCUT2D eigenvalue weighted by Gasteiger charge is -2.19. The highest BCUT2D eigenvalue weighted by molar-refractivity contribution is 7.99. The van der Waals surface area contributed by atoms with Gasteiger partial charge in [-0.2, -0.15) is 0 Å². The third-order valence-electron chi connectivity index (χ3n) is 3.70. The number of hydrogen-bond donors (Lipinski definition) is 1. The van der Waals surface area contributed by atoms with Crippen molar-refractivity contribution in [1.82, 2.24) is 5.32 Å². The van der Waals surface area contributed by atoms with Gasteiger partial charge < -0.3 is 5.32 Å². The number of nitrogens with one attached hydrogen (secondary N) is 1. The number of rotatable bonds is 6. The number of benzene rings is 3. The quantitative estimate of drug-likeness (QED) is 0.647. The van der Waals surface area contributed by atoms with E-state index in [4.69, 9.17) is 0 Å². The van der Waals surface area contributed by atoms with Gasteiger partial charge in [0.05, 0.1) is 6.04 Å². The average Bonchev–Trinajstić information content (AvgIpc) is 2.67. The molecule has 1 amide bonds. The number of thioether (sulfide) groups is 1. The second kappa shape index (κ2) is 8.37. The minimum absolute atomic E-state index is 0.0379. The summed E-state index contributed by atoms with van der Waals surface area (Å²) in [6, 6.07) is 29.7. The Hall–Kier alpha value is -2.52. The lowest BCUT2D eigenvalue weighted by molar-refractivity contribution is 0.0940. The molecule has 1 unspecified atom stereocenters. The monoisotopic (exact) mass is 333 g/mol. The normalized spacial score (nSPS) is 11.7. The molecule has 24 heavy (non-hydrogen) atoms. The van der Waals surface area contributed by atoms with Crippen molar-refractivity contribution in [3.63, 3.8) is 0 Å². The van der Waals surface area contributed by atoms with Crippen LogP contribution in [0.2, 0.25) is 0 Å². The van der Waals surface area contributed by atoms with E-state index < -0.39 is 0 Å². The molecule has 0 radical (unpaired) electrons. The first-order chi connectivity index (χ1) is 11.8. The third kappa shape index (κ3) is 4.49. The van der Waals surface area contributed by atoms with Crippen molar-refractivity contribution >= 4 is 17.7 Å². The molecule has 3 aromatic rings. The van der Waals surface area contributed by atoms with E-state index in [0.717, 1.165) is 11.3 Å². The van der Waals surface area contributed by atoms with Crippen LogP contribution in [-0.2, 0) is 0 Å². The Labute approximate surface area is 146 Å². The van der Waals surface area contributed by atoms with Crippen LogP contribution in [0, 0.1) is 0 Å². The fourth-order valence-corrected chi connectivity index (χ4v) is 3.42. The molecule has 2 nitrogen and oxygen atoms in total. The molecule has 0 aromatic heterocycles. The topological polar surface area (TPSA) is 29.1 Å². The van der Waals surface area contributed by atoms with Crippen molar-refractivity contribution in [2.45, 2.75) is 10.9 Å². The van der Waals surface area contributed by atoms with Crippen molar-refractivity contribution in [1.29, 1.82) is 0 Å². The second-order valence-electron chi connectivity index (χ2n) is 5.43. The van der Waals surface area contributed by atoms with E-state index in [1.54, 1.807) is 11.8 Å². The summed E-state index contributed by atoms with van der Waals surface area (Å²) < 4.78 is 0. The Balaban J connectivity index is 1.74. The highest BCUT2D eigenvalue weighted by Gasteiger charge is 2.16. The van der Waals surface area contributed by atoms with E-state index >= 15 is 0 Å². The fraction of sp³-hybridized carbons (Fsp3) is 0.0952. The fourth-order valence-electron chi connectivity index (χ4n) is 2.43. The van der Waals surface area contributed by atoms with Gasteiger partial charge in [0.2, 0.25) is 0 Å². The van der Waals surface area contributed by atoms with Crippen LogP contribution in [0.25, 0.3) is 0 Å². The van der Waals surface area contributed by atoms with Gasteiger partial charge >= 0.3 is 0 Å². The van der Waals surface area contributed by atoms with Gasteiger partial charge in [-0.15, -0.1) is 11.8 Å². The molecule has 0 heterocycles. The molecule has 1 atom stereocenters. The maximum Gasteiger partial charge on any atom is 0.251 e. The zero-order valence-electron chi connectivity index (χ0n) is 13.3. The summed E-state index contributed by atoms with van der Waals surface area (Å²) in [6.07, 6.45) is 0. The molecule has 0 saturated heterocycles.